The molecule has 0 unspecified atom stereocenters. The standard InChI is InChI=1S/C11H17NO4/c1-12(7-3-2-4-7)10(13)8-5-6-9(16-8)11(14)15/h7-9H,2-6H2,1H3,(H,14,15)/t8-,9+/m0/s1. The molecular formula is C11H17NO4. The molecule has 0 aromatic rings. The van der Waals surface area contributed by atoms with E-state index in [1.54, 1.807) is 11.9 Å². The monoisotopic (exact) mass is 227 g/mol. The van der Waals surface area contributed by atoms with Crippen LogP contribution in [-0.2, 0) is 14.3 Å². The van der Waals surface area contributed by atoms with Crippen molar-refractivity contribution in [2.45, 2.75) is 50.4 Å². The molecule has 0 bridgehead atoms. The van der Waals surface area contributed by atoms with Gasteiger partial charge < -0.3 is 14.7 Å². The maximum atomic E-state index is 12.0. The molecule has 0 aromatic carbocycles. The van der Waals surface area contributed by atoms with E-state index in [4.69, 9.17) is 9.84 Å². The van der Waals surface area contributed by atoms with E-state index in [9.17, 15) is 9.59 Å². The average molecular weight is 227 g/mol. The number of carbonyl (C=O) groups is 2. The number of hydrogen-bond donors (Lipinski definition) is 1. The van der Waals surface area contributed by atoms with Gasteiger partial charge in [0.15, 0.2) is 6.10 Å². The van der Waals surface area contributed by atoms with Crippen LogP contribution >= 0.6 is 0 Å². The first-order valence-electron chi connectivity index (χ1n) is 5.74. The van der Waals surface area contributed by atoms with E-state index in [0.29, 0.717) is 18.9 Å². The summed E-state index contributed by atoms with van der Waals surface area (Å²) in [7, 11) is 1.78. The van der Waals surface area contributed by atoms with Gasteiger partial charge in [0.05, 0.1) is 0 Å². The van der Waals surface area contributed by atoms with Crippen molar-refractivity contribution in [3.63, 3.8) is 0 Å². The number of likely N-dealkylation sites (N-methyl/N-ethyl adjacent to an activating group) is 1. The van der Waals surface area contributed by atoms with Crippen LogP contribution in [0.2, 0.25) is 0 Å². The Kier molecular flexibility index (Phi) is 3.14. The van der Waals surface area contributed by atoms with Crippen LogP contribution in [0.1, 0.15) is 32.1 Å². The second-order valence-corrected chi connectivity index (χ2v) is 4.56. The minimum absolute atomic E-state index is 0.0616. The molecule has 0 aromatic heterocycles. The number of carboxylic acid groups (broad SMARTS) is 1. The van der Waals surface area contributed by atoms with Crippen LogP contribution < -0.4 is 0 Å². The first-order chi connectivity index (χ1) is 7.59. The van der Waals surface area contributed by atoms with Crippen LogP contribution in [-0.4, -0.2) is 47.2 Å². The molecule has 2 fully saturated rings. The van der Waals surface area contributed by atoms with E-state index in [-0.39, 0.29) is 5.91 Å². The zero-order chi connectivity index (χ0) is 11.7. The molecule has 1 aliphatic heterocycles. The number of hydrogen-bond acceptors (Lipinski definition) is 3. The van der Waals surface area contributed by atoms with Gasteiger partial charge in [0.25, 0.3) is 5.91 Å². The molecule has 1 N–H and O–H groups in total. The number of nitrogens with zero attached hydrogens (tertiary/aromatic N) is 1. The van der Waals surface area contributed by atoms with Gasteiger partial charge in [0, 0.05) is 13.1 Å². The van der Waals surface area contributed by atoms with Crippen LogP contribution in [0.15, 0.2) is 0 Å². The minimum atomic E-state index is -0.971. The zero-order valence-electron chi connectivity index (χ0n) is 9.39. The Morgan fingerprint density at radius 1 is 1.19 bits per heavy atom. The fraction of sp³-hybridized carbons (Fsp3) is 0.818. The van der Waals surface area contributed by atoms with Crippen molar-refractivity contribution >= 4 is 11.9 Å². The second kappa shape index (κ2) is 4.41. The lowest BCUT2D eigenvalue weighted by Crippen LogP contribution is -2.46. The van der Waals surface area contributed by atoms with Gasteiger partial charge in [-0.2, -0.15) is 0 Å². The second-order valence-electron chi connectivity index (χ2n) is 4.56. The highest BCUT2D eigenvalue weighted by molar-refractivity contribution is 5.82. The molecular weight excluding hydrogens is 210 g/mol. The Morgan fingerprint density at radius 3 is 2.25 bits per heavy atom. The zero-order valence-corrected chi connectivity index (χ0v) is 9.39. The molecule has 1 amide bonds. The maximum Gasteiger partial charge on any atom is 0.332 e. The summed E-state index contributed by atoms with van der Waals surface area (Å²) in [5.41, 5.74) is 0. The number of ether oxygens (including phenoxy) is 1. The molecule has 90 valence electrons. The summed E-state index contributed by atoms with van der Waals surface area (Å²) in [6.07, 6.45) is 2.88. The topological polar surface area (TPSA) is 66.8 Å². The SMILES string of the molecule is CN(C(=O)[C@@H]1CC[C@H](C(=O)O)O1)C1CCC1. The van der Waals surface area contributed by atoms with Crippen molar-refractivity contribution in [3.8, 4) is 0 Å². The highest BCUT2D eigenvalue weighted by Gasteiger charge is 2.38. The molecule has 2 atom stereocenters. The molecule has 1 aliphatic carbocycles. The van der Waals surface area contributed by atoms with Crippen molar-refractivity contribution in [1.82, 2.24) is 4.90 Å². The molecule has 0 radical (unpaired) electrons. The lowest BCUT2D eigenvalue weighted by atomic mass is 9.91. The summed E-state index contributed by atoms with van der Waals surface area (Å²) in [4.78, 5) is 24.4. The summed E-state index contributed by atoms with van der Waals surface area (Å²) in [6, 6.07) is 0.333. The van der Waals surface area contributed by atoms with E-state index >= 15 is 0 Å². The number of aliphatic carboxylic acids is 1. The Bertz CT molecular complexity index is 300. The van der Waals surface area contributed by atoms with Gasteiger partial charge in [0.1, 0.15) is 6.10 Å². The van der Waals surface area contributed by atoms with Gasteiger partial charge in [-0.3, -0.25) is 4.79 Å². The van der Waals surface area contributed by atoms with E-state index < -0.39 is 18.2 Å². The molecule has 0 spiro atoms. The third-order valence-corrected chi connectivity index (χ3v) is 3.54. The van der Waals surface area contributed by atoms with Gasteiger partial charge in [-0.15, -0.1) is 0 Å². The lowest BCUT2D eigenvalue weighted by molar-refractivity contribution is -0.155. The predicted molar refractivity (Wildman–Crippen MR) is 55.9 cm³/mol. The molecule has 5 nitrogen and oxygen atoms in total. The van der Waals surface area contributed by atoms with Gasteiger partial charge in [-0.25, -0.2) is 4.79 Å². The number of carboxylic acids is 1. The third kappa shape index (κ3) is 2.04. The first kappa shape index (κ1) is 11.4. The molecule has 5 heteroatoms. The summed E-state index contributed by atoms with van der Waals surface area (Å²) < 4.78 is 5.23. The Hall–Kier alpha value is -1.10. The van der Waals surface area contributed by atoms with Crippen LogP contribution in [0.5, 0.6) is 0 Å². The normalized spacial score (nSPS) is 29.8. The summed E-state index contributed by atoms with van der Waals surface area (Å²) >= 11 is 0. The molecule has 2 rings (SSSR count). The number of amides is 1. The predicted octanol–water partition coefficient (Wildman–Crippen LogP) is 0.629. The van der Waals surface area contributed by atoms with Gasteiger partial charge >= 0.3 is 5.97 Å². The molecule has 2 aliphatic rings. The van der Waals surface area contributed by atoms with E-state index in [1.165, 1.54) is 6.42 Å². The van der Waals surface area contributed by atoms with Gasteiger partial charge in [-0.05, 0) is 32.1 Å². The molecule has 1 heterocycles. The van der Waals surface area contributed by atoms with Crippen LogP contribution in [0.4, 0.5) is 0 Å². The summed E-state index contributed by atoms with van der Waals surface area (Å²) in [6.45, 7) is 0. The number of rotatable bonds is 3. The largest absolute Gasteiger partial charge is 0.479 e. The van der Waals surface area contributed by atoms with Crippen molar-refractivity contribution in [3.05, 3.63) is 0 Å². The lowest BCUT2D eigenvalue weighted by Gasteiger charge is -2.35. The summed E-state index contributed by atoms with van der Waals surface area (Å²) in [5.74, 6) is -1.03. The highest BCUT2D eigenvalue weighted by Crippen LogP contribution is 2.27. The average Bonchev–Trinajstić information content (AvgIpc) is 2.62. The maximum absolute atomic E-state index is 12.0. The van der Waals surface area contributed by atoms with Gasteiger partial charge in [-0.1, -0.05) is 0 Å². The fourth-order valence-corrected chi connectivity index (χ4v) is 2.18. The molecule has 16 heavy (non-hydrogen) atoms. The first-order valence-corrected chi connectivity index (χ1v) is 5.74. The van der Waals surface area contributed by atoms with Crippen molar-refractivity contribution < 1.29 is 19.4 Å². The van der Waals surface area contributed by atoms with Crippen molar-refractivity contribution in [2.75, 3.05) is 7.05 Å². The Balaban J connectivity index is 1.88. The molecule has 1 saturated carbocycles. The van der Waals surface area contributed by atoms with E-state index in [2.05, 4.69) is 0 Å². The van der Waals surface area contributed by atoms with Crippen molar-refractivity contribution in [2.24, 2.45) is 0 Å². The van der Waals surface area contributed by atoms with Crippen LogP contribution in [0.3, 0.4) is 0 Å². The van der Waals surface area contributed by atoms with Crippen molar-refractivity contribution in [1.29, 1.82) is 0 Å². The van der Waals surface area contributed by atoms with E-state index in [0.717, 1.165) is 12.8 Å². The number of carbonyl (C=O) groups excluding carboxylic acids is 1. The Labute approximate surface area is 94.4 Å². The van der Waals surface area contributed by atoms with Gasteiger partial charge in [0.2, 0.25) is 0 Å². The smallest absolute Gasteiger partial charge is 0.332 e. The van der Waals surface area contributed by atoms with Crippen LogP contribution in [0, 0.1) is 0 Å². The van der Waals surface area contributed by atoms with Crippen LogP contribution in [0.25, 0.3) is 0 Å². The highest BCUT2D eigenvalue weighted by atomic mass is 16.5. The molecule has 1 saturated heterocycles. The quantitative estimate of drug-likeness (QED) is 0.768. The third-order valence-electron chi connectivity index (χ3n) is 3.54. The Morgan fingerprint density at radius 2 is 1.81 bits per heavy atom. The summed E-state index contributed by atoms with van der Waals surface area (Å²) in [5, 5.41) is 8.77. The van der Waals surface area contributed by atoms with E-state index in [1.807, 2.05) is 0 Å². The minimum Gasteiger partial charge on any atom is -0.479 e. The fourth-order valence-electron chi connectivity index (χ4n) is 2.18.